The molecule has 0 radical (unpaired) electrons. The van der Waals surface area contributed by atoms with Gasteiger partial charge in [0.25, 0.3) is 0 Å². The van der Waals surface area contributed by atoms with E-state index in [1.54, 1.807) is 0 Å². The van der Waals surface area contributed by atoms with Crippen molar-refractivity contribution in [3.8, 4) is 11.8 Å². The molecule has 1 heterocycles. The van der Waals surface area contributed by atoms with Crippen LogP contribution in [0.25, 0.3) is 0 Å². The molecule has 0 spiro atoms. The van der Waals surface area contributed by atoms with Gasteiger partial charge in [-0.1, -0.05) is 6.07 Å². The van der Waals surface area contributed by atoms with Crippen molar-refractivity contribution in [1.82, 2.24) is 0 Å². The number of nitrogens with zero attached hydrogens (tertiary/aromatic N) is 1. The van der Waals surface area contributed by atoms with Crippen LogP contribution in [0.15, 0.2) is 18.2 Å². The minimum absolute atomic E-state index is 0.0507. The van der Waals surface area contributed by atoms with Crippen LogP contribution in [0.2, 0.25) is 0 Å². The van der Waals surface area contributed by atoms with E-state index in [4.69, 9.17) is 10.00 Å². The second-order valence-corrected chi connectivity index (χ2v) is 3.95. The topological polar surface area (TPSA) is 45.0 Å². The Bertz CT molecular complexity index is 409. The zero-order valence-corrected chi connectivity index (χ0v) is 8.95. The summed E-state index contributed by atoms with van der Waals surface area (Å²) in [5, 5.41) is 12.0. The average Bonchev–Trinajstić information content (AvgIpc) is 2.20. The summed E-state index contributed by atoms with van der Waals surface area (Å²) >= 11 is 0. The zero-order valence-electron chi connectivity index (χ0n) is 8.95. The summed E-state index contributed by atoms with van der Waals surface area (Å²) < 4.78 is 5.75. The Morgan fingerprint density at radius 1 is 1.53 bits per heavy atom. The van der Waals surface area contributed by atoms with Gasteiger partial charge in [0.15, 0.2) is 0 Å². The van der Waals surface area contributed by atoms with E-state index in [1.165, 1.54) is 5.56 Å². The van der Waals surface area contributed by atoms with Gasteiger partial charge < -0.3 is 10.1 Å². The molecule has 0 amide bonds. The Labute approximate surface area is 89.7 Å². The first kappa shape index (κ1) is 9.85. The molecule has 1 aromatic carbocycles. The second kappa shape index (κ2) is 3.82. The smallest absolute Gasteiger partial charge is 0.143 e. The number of hydrogen-bond acceptors (Lipinski definition) is 3. The number of hydrogen-bond donors (Lipinski definition) is 1. The van der Waals surface area contributed by atoms with Crippen LogP contribution < -0.4 is 10.1 Å². The lowest BCUT2D eigenvalue weighted by Crippen LogP contribution is -2.38. The molecule has 3 nitrogen and oxygen atoms in total. The van der Waals surface area contributed by atoms with Crippen LogP contribution in [0.4, 0.5) is 5.69 Å². The maximum atomic E-state index is 8.67. The molecule has 1 N–H and O–H groups in total. The molecule has 0 fully saturated rings. The molecule has 78 valence electrons. The maximum absolute atomic E-state index is 8.67. The predicted molar refractivity (Wildman–Crippen MR) is 58.9 cm³/mol. The molecule has 0 bridgehead atoms. The third kappa shape index (κ3) is 1.89. The molecule has 0 aliphatic carbocycles. The van der Waals surface area contributed by atoms with Gasteiger partial charge >= 0.3 is 0 Å². The molecule has 3 heteroatoms. The predicted octanol–water partition coefficient (Wildman–Crippen LogP) is 2.47. The molecule has 2 rings (SSSR count). The quantitative estimate of drug-likeness (QED) is 0.760. The van der Waals surface area contributed by atoms with E-state index in [-0.39, 0.29) is 12.1 Å². The van der Waals surface area contributed by atoms with Crippen molar-refractivity contribution in [2.24, 2.45) is 0 Å². The number of aryl methyl sites for hydroxylation is 1. The highest BCUT2D eigenvalue weighted by Gasteiger charge is 2.25. The first-order chi connectivity index (χ1) is 7.20. The summed E-state index contributed by atoms with van der Waals surface area (Å²) in [6.07, 6.45) is 0.367. The van der Waals surface area contributed by atoms with Crippen LogP contribution >= 0.6 is 0 Å². The van der Waals surface area contributed by atoms with Crippen LogP contribution in [-0.4, -0.2) is 12.1 Å². The largest absolute Gasteiger partial charge is 0.485 e. The third-order valence-electron chi connectivity index (χ3n) is 2.65. The minimum Gasteiger partial charge on any atom is -0.485 e. The lowest BCUT2D eigenvalue weighted by Gasteiger charge is -2.32. The molecule has 15 heavy (non-hydrogen) atoms. The summed E-state index contributed by atoms with van der Waals surface area (Å²) in [4.78, 5) is 0. The summed E-state index contributed by atoms with van der Waals surface area (Å²) in [6.45, 7) is 4.08. The molecule has 2 atom stereocenters. The van der Waals surface area contributed by atoms with Gasteiger partial charge in [-0.15, -0.1) is 0 Å². The third-order valence-corrected chi connectivity index (χ3v) is 2.65. The Morgan fingerprint density at radius 3 is 3.07 bits per heavy atom. The standard InChI is InChI=1S/C12H14N2O/c1-8-3-4-12-10(7-8)14-9(2)11(15-12)5-6-13/h3-4,7,9,11,14H,5H2,1-2H3. The highest BCUT2D eigenvalue weighted by Crippen LogP contribution is 2.32. The van der Waals surface area contributed by atoms with Gasteiger partial charge in [0, 0.05) is 0 Å². The Balaban J connectivity index is 2.26. The van der Waals surface area contributed by atoms with Gasteiger partial charge in [0.2, 0.25) is 0 Å². The van der Waals surface area contributed by atoms with Crippen molar-refractivity contribution in [3.05, 3.63) is 23.8 Å². The van der Waals surface area contributed by atoms with E-state index in [2.05, 4.69) is 17.5 Å². The molecular formula is C12H14N2O. The molecular weight excluding hydrogens is 188 g/mol. The molecule has 0 saturated carbocycles. The van der Waals surface area contributed by atoms with Gasteiger partial charge in [0.1, 0.15) is 11.9 Å². The van der Waals surface area contributed by atoms with E-state index in [1.807, 2.05) is 26.0 Å². The first-order valence-corrected chi connectivity index (χ1v) is 5.11. The fourth-order valence-corrected chi connectivity index (χ4v) is 1.77. The Kier molecular flexibility index (Phi) is 2.51. The van der Waals surface area contributed by atoms with Gasteiger partial charge in [-0.2, -0.15) is 5.26 Å². The number of nitrogens with one attached hydrogen (secondary N) is 1. The lowest BCUT2D eigenvalue weighted by molar-refractivity contribution is 0.179. The molecule has 1 aliphatic rings. The van der Waals surface area contributed by atoms with E-state index < -0.39 is 0 Å². The van der Waals surface area contributed by atoms with Crippen molar-refractivity contribution in [1.29, 1.82) is 5.26 Å². The number of benzene rings is 1. The molecule has 1 aliphatic heterocycles. The maximum Gasteiger partial charge on any atom is 0.143 e. The normalized spacial score (nSPS) is 23.3. The molecule has 0 saturated heterocycles. The lowest BCUT2D eigenvalue weighted by atomic mass is 10.1. The summed E-state index contributed by atoms with van der Waals surface area (Å²) in [5.74, 6) is 0.846. The van der Waals surface area contributed by atoms with E-state index in [0.29, 0.717) is 6.42 Å². The number of fused-ring (bicyclic) bond motifs is 1. The van der Waals surface area contributed by atoms with Crippen molar-refractivity contribution in [3.63, 3.8) is 0 Å². The Hall–Kier alpha value is -1.69. The monoisotopic (exact) mass is 202 g/mol. The SMILES string of the molecule is Cc1ccc2c(c1)NC(C)C(CC#N)O2. The zero-order chi connectivity index (χ0) is 10.8. The van der Waals surface area contributed by atoms with Gasteiger partial charge in [-0.3, -0.25) is 0 Å². The van der Waals surface area contributed by atoms with Crippen LogP contribution in [0.1, 0.15) is 18.9 Å². The molecule has 0 aromatic heterocycles. The van der Waals surface area contributed by atoms with E-state index >= 15 is 0 Å². The molecule has 1 aromatic rings. The second-order valence-electron chi connectivity index (χ2n) is 3.95. The number of anilines is 1. The van der Waals surface area contributed by atoms with E-state index in [0.717, 1.165) is 11.4 Å². The van der Waals surface area contributed by atoms with Gasteiger partial charge in [-0.05, 0) is 31.5 Å². The van der Waals surface area contributed by atoms with Crippen molar-refractivity contribution in [2.45, 2.75) is 32.4 Å². The van der Waals surface area contributed by atoms with E-state index in [9.17, 15) is 0 Å². The highest BCUT2D eigenvalue weighted by atomic mass is 16.5. The summed E-state index contributed by atoms with van der Waals surface area (Å²) in [7, 11) is 0. The first-order valence-electron chi connectivity index (χ1n) is 5.11. The number of rotatable bonds is 1. The van der Waals surface area contributed by atoms with Crippen molar-refractivity contribution >= 4 is 5.69 Å². The van der Waals surface area contributed by atoms with Gasteiger partial charge in [0.05, 0.1) is 24.2 Å². The molecule has 2 unspecified atom stereocenters. The van der Waals surface area contributed by atoms with Crippen LogP contribution in [0.3, 0.4) is 0 Å². The van der Waals surface area contributed by atoms with Gasteiger partial charge in [-0.25, -0.2) is 0 Å². The van der Waals surface area contributed by atoms with Crippen LogP contribution in [0.5, 0.6) is 5.75 Å². The highest BCUT2D eigenvalue weighted by molar-refractivity contribution is 5.60. The van der Waals surface area contributed by atoms with Crippen LogP contribution in [0, 0.1) is 18.3 Å². The number of ether oxygens (including phenoxy) is 1. The average molecular weight is 202 g/mol. The van der Waals surface area contributed by atoms with Crippen molar-refractivity contribution < 1.29 is 4.74 Å². The Morgan fingerprint density at radius 2 is 2.33 bits per heavy atom. The summed E-state index contributed by atoms with van der Waals surface area (Å²) in [6, 6.07) is 8.35. The van der Waals surface area contributed by atoms with Crippen LogP contribution in [-0.2, 0) is 0 Å². The summed E-state index contributed by atoms with van der Waals surface area (Å²) in [5.41, 5.74) is 2.23. The number of nitriles is 1. The minimum atomic E-state index is -0.0507. The fraction of sp³-hybridized carbons (Fsp3) is 0.417. The fourth-order valence-electron chi connectivity index (χ4n) is 1.77. The van der Waals surface area contributed by atoms with Crippen molar-refractivity contribution in [2.75, 3.05) is 5.32 Å².